The molecule has 0 spiro atoms. The van der Waals surface area contributed by atoms with Crippen molar-refractivity contribution in [3.8, 4) is 0 Å². The van der Waals surface area contributed by atoms with Gasteiger partial charge in [0.05, 0.1) is 0 Å². The fourth-order valence-corrected chi connectivity index (χ4v) is 0. The maximum Gasteiger partial charge on any atom is 2.00 e. The molecule has 0 aromatic rings. The normalized spacial score (nSPS) is 0. The summed E-state index contributed by atoms with van der Waals surface area (Å²) in [6.07, 6.45) is 0. The van der Waals surface area contributed by atoms with E-state index in [4.69, 9.17) is 0 Å². The number of hydrogen-bond donors (Lipinski definition) is 0. The molecule has 0 saturated carbocycles. The van der Waals surface area contributed by atoms with Crippen LogP contribution in [0.2, 0.25) is 0 Å². The fraction of sp³-hybridized carbons (Fsp3) is 0. The minimum atomic E-state index is 0. The van der Waals surface area contributed by atoms with Crippen molar-refractivity contribution < 1.29 is 32.9 Å². The van der Waals surface area contributed by atoms with Crippen molar-refractivity contribution >= 4 is 23.1 Å². The van der Waals surface area contributed by atoms with E-state index >= 15 is 0 Å². The Kier molecular flexibility index (Phi) is 119000. The van der Waals surface area contributed by atoms with Gasteiger partial charge in [0.2, 0.25) is 0 Å². The van der Waals surface area contributed by atoms with Crippen LogP contribution in [-0.4, -0.2) is 55.9 Å². The first-order chi connectivity index (χ1) is 0. The second-order valence-corrected chi connectivity index (χ2v) is 0. The van der Waals surface area contributed by atoms with Gasteiger partial charge in [-0.25, -0.2) is 0 Å². The van der Waals surface area contributed by atoms with Crippen LogP contribution in [0, 0.1) is 0 Å². The molecule has 0 bridgehead atoms. The van der Waals surface area contributed by atoms with Gasteiger partial charge in [0, 0.05) is 0 Å². The zero-order chi connectivity index (χ0) is 0. The fourth-order valence-electron chi connectivity index (χ4n) is 0. The summed E-state index contributed by atoms with van der Waals surface area (Å²) < 4.78 is 0. The average molecular weight is 127 g/mol. The molecular formula is H7MgO6-3. The largest absolute Gasteiger partial charge is 2.00 e. The molecule has 48 valence electrons. The molecule has 7 heavy (non-hydrogen) atoms. The summed E-state index contributed by atoms with van der Waals surface area (Å²) in [5.41, 5.74) is 0. The molecule has 0 aliphatic rings. The van der Waals surface area contributed by atoms with Crippen molar-refractivity contribution in [3.63, 3.8) is 0 Å². The first kappa shape index (κ1) is 1160. The van der Waals surface area contributed by atoms with Crippen LogP contribution in [-0.2, 0) is 0 Å². The van der Waals surface area contributed by atoms with Gasteiger partial charge in [0.1, 0.15) is 0 Å². The molecular weight excluding hydrogens is 120 g/mol. The van der Waals surface area contributed by atoms with Gasteiger partial charge in [0.25, 0.3) is 0 Å². The second-order valence-electron chi connectivity index (χ2n) is 0. The van der Waals surface area contributed by atoms with Crippen LogP contribution in [0.25, 0.3) is 0 Å². The van der Waals surface area contributed by atoms with E-state index in [2.05, 4.69) is 0 Å². The minimum Gasteiger partial charge on any atom is -0.870 e. The molecule has 0 amide bonds. The summed E-state index contributed by atoms with van der Waals surface area (Å²) in [5, 5.41) is 0. The van der Waals surface area contributed by atoms with E-state index < -0.39 is 0 Å². The van der Waals surface area contributed by atoms with E-state index in [1.165, 1.54) is 0 Å². The molecule has 0 fully saturated rings. The van der Waals surface area contributed by atoms with Crippen LogP contribution in [0.1, 0.15) is 0 Å². The van der Waals surface area contributed by atoms with Crippen LogP contribution in [0.15, 0.2) is 0 Å². The van der Waals surface area contributed by atoms with Crippen LogP contribution in [0.4, 0.5) is 0 Å². The molecule has 0 atom stereocenters. The maximum atomic E-state index is 0. The first-order valence-corrected chi connectivity index (χ1v) is 0. The predicted octanol–water partition coefficient (Wildman–Crippen LogP) is -2.09. The summed E-state index contributed by atoms with van der Waals surface area (Å²) >= 11 is 0. The van der Waals surface area contributed by atoms with Crippen molar-refractivity contribution in [1.82, 2.24) is 0 Å². The first-order valence-electron chi connectivity index (χ1n) is 0. The third kappa shape index (κ3) is 483. The Hall–Kier alpha value is 0.526. The number of rotatable bonds is 0. The van der Waals surface area contributed by atoms with Crippen molar-refractivity contribution in [3.05, 3.63) is 0 Å². The molecule has 0 aromatic heterocycles. The molecule has 0 aromatic carbocycles. The maximum absolute atomic E-state index is 0. The Morgan fingerprint density at radius 1 is 0.429 bits per heavy atom. The van der Waals surface area contributed by atoms with Gasteiger partial charge in [-0.15, -0.1) is 0 Å². The third-order valence-corrected chi connectivity index (χ3v) is 0. The van der Waals surface area contributed by atoms with Gasteiger partial charge in [-0.05, 0) is 0 Å². The van der Waals surface area contributed by atoms with Gasteiger partial charge in [-0.1, -0.05) is 0 Å². The van der Waals surface area contributed by atoms with Gasteiger partial charge in [-0.3, -0.25) is 0 Å². The Morgan fingerprint density at radius 2 is 0.429 bits per heavy atom. The van der Waals surface area contributed by atoms with Gasteiger partial charge >= 0.3 is 23.1 Å². The van der Waals surface area contributed by atoms with E-state index in [9.17, 15) is 0 Å². The topological polar surface area (TPSA) is 182 Å². The Bertz CT molecular complexity index is 4.14. The predicted molar refractivity (Wildman–Crippen MR) is 19.0 cm³/mol. The molecule has 0 unspecified atom stereocenters. The molecule has 6 nitrogen and oxygen atoms in total. The molecule has 0 rings (SSSR count). The van der Waals surface area contributed by atoms with E-state index in [1.807, 2.05) is 0 Å². The molecule has 0 saturated heterocycles. The zero-order valence-electron chi connectivity index (χ0n) is 3.44. The Labute approximate surface area is 56.5 Å². The van der Waals surface area contributed by atoms with Gasteiger partial charge in [-0.2, -0.15) is 0 Å². The zero-order valence-corrected chi connectivity index (χ0v) is 4.86. The van der Waals surface area contributed by atoms with Crippen LogP contribution in [0.5, 0.6) is 0 Å². The van der Waals surface area contributed by atoms with Gasteiger partial charge < -0.3 is 32.9 Å². The molecule has 0 aliphatic carbocycles. The molecule has 7 N–H and O–H groups in total. The minimum absolute atomic E-state index is 0. The van der Waals surface area contributed by atoms with Gasteiger partial charge in [0.15, 0.2) is 0 Å². The third-order valence-electron chi connectivity index (χ3n) is 0. The monoisotopic (exact) mass is 127 g/mol. The molecule has 0 heterocycles. The van der Waals surface area contributed by atoms with E-state index in [0.717, 1.165) is 0 Å². The van der Waals surface area contributed by atoms with Crippen molar-refractivity contribution in [2.45, 2.75) is 0 Å². The molecule has 0 aliphatic heterocycles. The quantitative estimate of drug-likeness (QED) is 0.337. The second kappa shape index (κ2) is 720. The average Bonchev–Trinajstić information content (AvgIpc) is 0. The summed E-state index contributed by atoms with van der Waals surface area (Å²) in [7, 11) is 0. The summed E-state index contributed by atoms with van der Waals surface area (Å²) in [5.74, 6) is 0. The smallest absolute Gasteiger partial charge is 0.870 e. The van der Waals surface area contributed by atoms with Crippen molar-refractivity contribution in [2.75, 3.05) is 0 Å². The van der Waals surface area contributed by atoms with Crippen molar-refractivity contribution in [2.24, 2.45) is 0 Å². The Balaban J connectivity index is 0. The van der Waals surface area contributed by atoms with Crippen LogP contribution in [0.3, 0.4) is 0 Å². The van der Waals surface area contributed by atoms with E-state index in [1.54, 1.807) is 0 Å². The number of hydrogen-bond acceptors (Lipinski definition) is 5. The summed E-state index contributed by atoms with van der Waals surface area (Å²) in [6.45, 7) is 0. The Morgan fingerprint density at radius 3 is 0.429 bits per heavy atom. The summed E-state index contributed by atoms with van der Waals surface area (Å²) in [6, 6.07) is 0. The SMILES string of the molecule is O.[Mg+2].[OH-].[OH-].[OH-].[OH-].[OH-]. The van der Waals surface area contributed by atoms with Crippen LogP contribution < -0.4 is 0 Å². The molecule has 7 heteroatoms. The van der Waals surface area contributed by atoms with E-state index in [-0.39, 0.29) is 55.9 Å². The summed E-state index contributed by atoms with van der Waals surface area (Å²) in [4.78, 5) is 0. The van der Waals surface area contributed by atoms with Crippen molar-refractivity contribution in [1.29, 1.82) is 0 Å². The van der Waals surface area contributed by atoms with E-state index in [0.29, 0.717) is 0 Å². The van der Waals surface area contributed by atoms with Crippen LogP contribution >= 0.6 is 0 Å². The molecule has 0 radical (unpaired) electrons. The standard InChI is InChI=1S/Mg.6H2O/h;6*1H2/q+2;;;;;;/p-5.